The summed E-state index contributed by atoms with van der Waals surface area (Å²) in [6.07, 6.45) is 4.67. The monoisotopic (exact) mass is 395 g/mol. The Morgan fingerprint density at radius 3 is 2.67 bits per heavy atom. The molecule has 1 aliphatic rings. The first kappa shape index (κ1) is 17.2. The molecule has 0 aromatic heterocycles. The van der Waals surface area contributed by atoms with Gasteiger partial charge in [-0.3, -0.25) is 0 Å². The third-order valence-electron chi connectivity index (χ3n) is 3.88. The van der Waals surface area contributed by atoms with E-state index in [9.17, 15) is 13.5 Å². The zero-order chi connectivity index (χ0) is 15.5. The summed E-state index contributed by atoms with van der Waals surface area (Å²) in [5.41, 5.74) is 0. The van der Waals surface area contributed by atoms with Crippen LogP contribution < -0.4 is 4.72 Å². The number of benzene rings is 1. The van der Waals surface area contributed by atoms with Gasteiger partial charge in [-0.15, -0.1) is 0 Å². The Bertz CT molecular complexity index is 594. The normalized spacial score (nSPS) is 23.8. The lowest BCUT2D eigenvalue weighted by Crippen LogP contribution is -2.41. The summed E-state index contributed by atoms with van der Waals surface area (Å²) in [5.74, 6) is -0.0310. The molecule has 4 nitrogen and oxygen atoms in total. The molecule has 2 atom stereocenters. The molecule has 0 radical (unpaired) electrons. The Morgan fingerprint density at radius 2 is 2.00 bits per heavy atom. The molecular formula is C14H19BrClNO3S. The standard InChI is InChI=1S/C14H19BrClNO3S/c15-11-6-7-14(12(16)8-11)21(19,20)17-13-5-3-1-2-4-10(13)9-18/h6-8,10,13,17-18H,1-5,9H2. The number of rotatable bonds is 4. The zero-order valence-corrected chi connectivity index (χ0v) is 14.7. The number of aliphatic hydroxyl groups is 1. The van der Waals surface area contributed by atoms with E-state index in [1.165, 1.54) is 6.07 Å². The van der Waals surface area contributed by atoms with Gasteiger partial charge in [-0.1, -0.05) is 46.8 Å². The minimum atomic E-state index is -3.68. The molecule has 1 saturated carbocycles. The quantitative estimate of drug-likeness (QED) is 0.767. The van der Waals surface area contributed by atoms with Crippen molar-refractivity contribution in [1.29, 1.82) is 0 Å². The average molecular weight is 397 g/mol. The summed E-state index contributed by atoms with van der Waals surface area (Å²) in [7, 11) is -3.68. The molecule has 0 aliphatic heterocycles. The first-order valence-corrected chi connectivity index (χ1v) is 9.67. The molecular weight excluding hydrogens is 378 g/mol. The van der Waals surface area contributed by atoms with Crippen molar-refractivity contribution in [3.05, 3.63) is 27.7 Å². The molecule has 7 heteroatoms. The minimum Gasteiger partial charge on any atom is -0.396 e. The highest BCUT2D eigenvalue weighted by molar-refractivity contribution is 9.10. The van der Waals surface area contributed by atoms with E-state index in [-0.39, 0.29) is 28.5 Å². The predicted molar refractivity (Wildman–Crippen MR) is 86.9 cm³/mol. The van der Waals surface area contributed by atoms with Gasteiger partial charge in [0.1, 0.15) is 4.90 Å². The van der Waals surface area contributed by atoms with Gasteiger partial charge in [-0.2, -0.15) is 0 Å². The van der Waals surface area contributed by atoms with Gasteiger partial charge in [0.25, 0.3) is 0 Å². The Balaban J connectivity index is 2.23. The van der Waals surface area contributed by atoms with Crippen LogP contribution in [-0.2, 0) is 10.0 Å². The van der Waals surface area contributed by atoms with Crippen molar-refractivity contribution >= 4 is 37.6 Å². The number of halogens is 2. The summed E-state index contributed by atoms with van der Waals surface area (Å²) in [6.45, 7) is 0.00125. The van der Waals surface area contributed by atoms with E-state index in [1.54, 1.807) is 12.1 Å². The van der Waals surface area contributed by atoms with Crippen molar-refractivity contribution < 1.29 is 13.5 Å². The van der Waals surface area contributed by atoms with E-state index in [0.717, 1.165) is 36.6 Å². The fraction of sp³-hybridized carbons (Fsp3) is 0.571. The molecule has 1 aliphatic carbocycles. The molecule has 2 unspecified atom stereocenters. The number of sulfonamides is 1. The number of hydrogen-bond acceptors (Lipinski definition) is 3. The van der Waals surface area contributed by atoms with Gasteiger partial charge < -0.3 is 5.11 Å². The van der Waals surface area contributed by atoms with Crippen molar-refractivity contribution in [2.75, 3.05) is 6.61 Å². The van der Waals surface area contributed by atoms with Crippen molar-refractivity contribution in [1.82, 2.24) is 4.72 Å². The maximum Gasteiger partial charge on any atom is 0.242 e. The van der Waals surface area contributed by atoms with Gasteiger partial charge in [-0.25, -0.2) is 13.1 Å². The van der Waals surface area contributed by atoms with Crippen LogP contribution in [0.1, 0.15) is 32.1 Å². The maximum atomic E-state index is 12.5. The Hall–Kier alpha value is -0.140. The lowest BCUT2D eigenvalue weighted by Gasteiger charge is -2.24. The highest BCUT2D eigenvalue weighted by atomic mass is 79.9. The van der Waals surface area contributed by atoms with Crippen LogP contribution >= 0.6 is 27.5 Å². The summed E-state index contributed by atoms with van der Waals surface area (Å²) in [6, 6.07) is 4.46. The van der Waals surface area contributed by atoms with Gasteiger partial charge >= 0.3 is 0 Å². The Kier molecular flexibility index (Phi) is 6.08. The van der Waals surface area contributed by atoms with Crippen molar-refractivity contribution in [2.24, 2.45) is 5.92 Å². The van der Waals surface area contributed by atoms with E-state index in [2.05, 4.69) is 20.7 Å². The van der Waals surface area contributed by atoms with Crippen molar-refractivity contribution in [2.45, 2.75) is 43.0 Å². The molecule has 1 fully saturated rings. The zero-order valence-electron chi connectivity index (χ0n) is 11.6. The third kappa shape index (κ3) is 4.42. The smallest absolute Gasteiger partial charge is 0.242 e. The van der Waals surface area contributed by atoms with Crippen LogP contribution in [0.15, 0.2) is 27.6 Å². The Morgan fingerprint density at radius 1 is 1.29 bits per heavy atom. The van der Waals surface area contributed by atoms with Crippen LogP contribution in [0.25, 0.3) is 0 Å². The van der Waals surface area contributed by atoms with E-state index in [4.69, 9.17) is 11.6 Å². The summed E-state index contributed by atoms with van der Waals surface area (Å²) < 4.78 is 28.5. The fourth-order valence-corrected chi connectivity index (χ4v) is 5.09. The molecule has 2 rings (SSSR count). The van der Waals surface area contributed by atoms with Gasteiger partial charge in [-0.05, 0) is 37.0 Å². The van der Waals surface area contributed by atoms with Crippen LogP contribution in [0.4, 0.5) is 0 Å². The minimum absolute atomic E-state index is 0.00125. The highest BCUT2D eigenvalue weighted by Crippen LogP contribution is 2.28. The summed E-state index contributed by atoms with van der Waals surface area (Å²) >= 11 is 9.30. The number of aliphatic hydroxyl groups excluding tert-OH is 1. The fourth-order valence-electron chi connectivity index (χ4n) is 2.71. The molecule has 21 heavy (non-hydrogen) atoms. The molecule has 0 spiro atoms. The second-order valence-electron chi connectivity index (χ2n) is 5.38. The predicted octanol–water partition coefficient (Wildman–Crippen LogP) is 3.32. The molecule has 0 bridgehead atoms. The van der Waals surface area contributed by atoms with E-state index >= 15 is 0 Å². The molecule has 118 valence electrons. The van der Waals surface area contributed by atoms with E-state index < -0.39 is 10.0 Å². The van der Waals surface area contributed by atoms with E-state index in [1.807, 2.05) is 0 Å². The van der Waals surface area contributed by atoms with Gasteiger partial charge in [0.15, 0.2) is 0 Å². The Labute approximate surface area is 139 Å². The molecule has 0 amide bonds. The highest BCUT2D eigenvalue weighted by Gasteiger charge is 2.29. The average Bonchev–Trinajstić information content (AvgIpc) is 2.62. The van der Waals surface area contributed by atoms with Gasteiger partial charge in [0.05, 0.1) is 5.02 Å². The van der Waals surface area contributed by atoms with Crippen LogP contribution in [-0.4, -0.2) is 26.2 Å². The lowest BCUT2D eigenvalue weighted by molar-refractivity contribution is 0.191. The topological polar surface area (TPSA) is 66.4 Å². The molecule has 1 aromatic rings. The van der Waals surface area contributed by atoms with E-state index in [0.29, 0.717) is 0 Å². The van der Waals surface area contributed by atoms with Crippen LogP contribution in [0, 0.1) is 5.92 Å². The SMILES string of the molecule is O=S(=O)(NC1CCCCCC1CO)c1ccc(Br)cc1Cl. The number of hydrogen-bond donors (Lipinski definition) is 2. The van der Waals surface area contributed by atoms with Gasteiger partial charge in [0, 0.05) is 17.1 Å². The summed E-state index contributed by atoms with van der Waals surface area (Å²) in [4.78, 5) is 0.0771. The number of nitrogens with one attached hydrogen (secondary N) is 1. The molecule has 0 saturated heterocycles. The first-order valence-electron chi connectivity index (χ1n) is 7.02. The maximum absolute atomic E-state index is 12.5. The lowest BCUT2D eigenvalue weighted by atomic mass is 9.97. The second-order valence-corrected chi connectivity index (χ2v) is 8.39. The molecule has 2 N–H and O–H groups in total. The molecule has 1 aromatic carbocycles. The van der Waals surface area contributed by atoms with Gasteiger partial charge in [0.2, 0.25) is 10.0 Å². The largest absolute Gasteiger partial charge is 0.396 e. The third-order valence-corrected chi connectivity index (χ3v) is 6.35. The molecule has 0 heterocycles. The van der Waals surface area contributed by atoms with Crippen LogP contribution in [0.2, 0.25) is 5.02 Å². The van der Waals surface area contributed by atoms with Crippen molar-refractivity contribution in [3.8, 4) is 0 Å². The van der Waals surface area contributed by atoms with Crippen LogP contribution in [0.5, 0.6) is 0 Å². The van der Waals surface area contributed by atoms with Crippen molar-refractivity contribution in [3.63, 3.8) is 0 Å². The first-order chi connectivity index (χ1) is 9.94. The second kappa shape index (κ2) is 7.42. The van der Waals surface area contributed by atoms with Crippen LogP contribution in [0.3, 0.4) is 0 Å². The summed E-state index contributed by atoms with van der Waals surface area (Å²) in [5, 5.41) is 9.66.